The Morgan fingerprint density at radius 3 is 2.71 bits per heavy atom. The normalized spacial score (nSPS) is 17.1. The van der Waals surface area contributed by atoms with Gasteiger partial charge in [-0.1, -0.05) is 0 Å². The van der Waals surface area contributed by atoms with E-state index in [9.17, 15) is 9.18 Å². The van der Waals surface area contributed by atoms with Crippen molar-refractivity contribution >= 4 is 11.9 Å². The Bertz CT molecular complexity index is 919. The van der Waals surface area contributed by atoms with Gasteiger partial charge in [-0.15, -0.1) is 0 Å². The number of carbonyl (C=O) groups excluding carboxylic acids is 1. The molecule has 170 valence electrons. The number of rotatable bonds is 6. The van der Waals surface area contributed by atoms with E-state index in [1.165, 1.54) is 6.20 Å². The molecule has 0 unspecified atom stereocenters. The van der Waals surface area contributed by atoms with E-state index in [1.807, 2.05) is 52.4 Å². The molecule has 1 atom stereocenters. The first-order valence-corrected chi connectivity index (χ1v) is 10.9. The molecule has 0 aliphatic carbocycles. The molecule has 1 amide bonds. The molecule has 1 saturated heterocycles. The zero-order valence-corrected chi connectivity index (χ0v) is 19.4. The third kappa shape index (κ3) is 5.95. The molecule has 0 saturated carbocycles. The Morgan fingerprint density at radius 1 is 1.32 bits per heavy atom. The summed E-state index contributed by atoms with van der Waals surface area (Å²) in [6.45, 7) is 10.3. The number of hydrogen-bond donors (Lipinski definition) is 1. The van der Waals surface area contributed by atoms with Gasteiger partial charge in [0.15, 0.2) is 0 Å². The summed E-state index contributed by atoms with van der Waals surface area (Å²) in [5.41, 5.74) is 0.725. The maximum Gasteiger partial charge on any atom is 0.408 e. The standard InChI is InChI=1S/C23H34FN5O2/c1-22(2,3)31-21(30)27-23(4,5)11-9-18-17(14-16(24)15-25-18)19-8-7-13-29(19)20-10-12-26-28(20)6/h10,12,14-15,19H,7-9,11,13H2,1-6H3,(H,27,30)/t19-/m1/s1. The van der Waals surface area contributed by atoms with Crippen molar-refractivity contribution in [1.82, 2.24) is 20.1 Å². The second-order valence-electron chi connectivity index (χ2n) is 9.86. The van der Waals surface area contributed by atoms with E-state index >= 15 is 0 Å². The number of pyridine rings is 1. The molecule has 3 heterocycles. The average Bonchev–Trinajstić information content (AvgIpc) is 3.26. The zero-order valence-electron chi connectivity index (χ0n) is 19.4. The molecule has 0 bridgehead atoms. The Kier molecular flexibility index (Phi) is 6.57. The number of hydrogen-bond acceptors (Lipinski definition) is 5. The number of anilines is 1. The SMILES string of the molecule is Cn1nccc1N1CCC[C@@H]1c1cc(F)cnc1CCC(C)(C)NC(=O)OC(C)(C)C. The van der Waals surface area contributed by atoms with Gasteiger partial charge < -0.3 is 15.0 Å². The monoisotopic (exact) mass is 431 g/mol. The van der Waals surface area contributed by atoms with Crippen molar-refractivity contribution in [3.8, 4) is 0 Å². The second kappa shape index (κ2) is 8.85. The van der Waals surface area contributed by atoms with E-state index < -0.39 is 17.2 Å². The number of halogens is 1. The van der Waals surface area contributed by atoms with Crippen molar-refractivity contribution in [3.05, 3.63) is 41.6 Å². The first-order valence-electron chi connectivity index (χ1n) is 10.9. The van der Waals surface area contributed by atoms with Crippen molar-refractivity contribution < 1.29 is 13.9 Å². The Hall–Kier alpha value is -2.64. The summed E-state index contributed by atoms with van der Waals surface area (Å²) in [5.74, 6) is 0.686. The first-order chi connectivity index (χ1) is 14.5. The predicted molar refractivity (Wildman–Crippen MR) is 118 cm³/mol. The van der Waals surface area contributed by atoms with Crippen molar-refractivity contribution in [2.24, 2.45) is 7.05 Å². The van der Waals surface area contributed by atoms with E-state index in [2.05, 4.69) is 20.3 Å². The molecule has 2 aromatic heterocycles. The molecule has 1 aliphatic heterocycles. The maximum absolute atomic E-state index is 14.2. The van der Waals surface area contributed by atoms with Gasteiger partial charge in [0.25, 0.3) is 0 Å². The second-order valence-corrected chi connectivity index (χ2v) is 9.86. The molecule has 0 radical (unpaired) electrons. The lowest BCUT2D eigenvalue weighted by atomic mass is 9.93. The lowest BCUT2D eigenvalue weighted by Crippen LogP contribution is -2.46. The van der Waals surface area contributed by atoms with Crippen LogP contribution in [-0.4, -0.2) is 38.5 Å². The third-order valence-corrected chi connectivity index (χ3v) is 5.50. The molecule has 31 heavy (non-hydrogen) atoms. The van der Waals surface area contributed by atoms with Gasteiger partial charge in [-0.05, 0) is 71.9 Å². The van der Waals surface area contributed by atoms with Gasteiger partial charge in [-0.25, -0.2) is 9.18 Å². The van der Waals surface area contributed by atoms with Gasteiger partial charge in [0, 0.05) is 30.9 Å². The van der Waals surface area contributed by atoms with Gasteiger partial charge in [0.1, 0.15) is 17.2 Å². The fourth-order valence-corrected chi connectivity index (χ4v) is 4.07. The number of alkyl carbamates (subject to hydrolysis) is 1. The average molecular weight is 432 g/mol. The van der Waals surface area contributed by atoms with Crippen LogP contribution < -0.4 is 10.2 Å². The summed E-state index contributed by atoms with van der Waals surface area (Å²) < 4.78 is 21.4. The van der Waals surface area contributed by atoms with Crippen LogP contribution in [0.3, 0.4) is 0 Å². The van der Waals surface area contributed by atoms with Gasteiger partial charge in [-0.3, -0.25) is 9.67 Å². The number of nitrogens with one attached hydrogen (secondary N) is 1. The van der Waals surface area contributed by atoms with Gasteiger partial charge in [0.05, 0.1) is 18.4 Å². The van der Waals surface area contributed by atoms with E-state index in [1.54, 1.807) is 12.3 Å². The number of carbonyl (C=O) groups is 1. The van der Waals surface area contributed by atoms with Gasteiger partial charge in [0.2, 0.25) is 0 Å². The highest BCUT2D eigenvalue weighted by Gasteiger charge is 2.31. The highest BCUT2D eigenvalue weighted by Crippen LogP contribution is 2.37. The summed E-state index contributed by atoms with van der Waals surface area (Å²) in [6.07, 6.45) is 5.84. The Balaban J connectivity index is 1.76. The summed E-state index contributed by atoms with van der Waals surface area (Å²) in [6, 6.07) is 3.64. The summed E-state index contributed by atoms with van der Waals surface area (Å²) >= 11 is 0. The van der Waals surface area contributed by atoms with Crippen molar-refractivity contribution in [2.75, 3.05) is 11.4 Å². The topological polar surface area (TPSA) is 72.3 Å². The van der Waals surface area contributed by atoms with Crippen molar-refractivity contribution in [3.63, 3.8) is 0 Å². The molecular formula is C23H34FN5O2. The molecule has 7 nitrogen and oxygen atoms in total. The molecule has 1 aliphatic rings. The lowest BCUT2D eigenvalue weighted by Gasteiger charge is -2.30. The van der Waals surface area contributed by atoms with Crippen LogP contribution in [0.4, 0.5) is 15.0 Å². The minimum atomic E-state index is -0.552. The smallest absolute Gasteiger partial charge is 0.408 e. The number of amides is 1. The minimum absolute atomic E-state index is 0.0514. The van der Waals surface area contributed by atoms with Crippen molar-refractivity contribution in [1.29, 1.82) is 0 Å². The van der Waals surface area contributed by atoms with Crippen LogP contribution in [0.5, 0.6) is 0 Å². The number of aryl methyl sites for hydroxylation is 2. The molecule has 1 fully saturated rings. The lowest BCUT2D eigenvalue weighted by molar-refractivity contribution is 0.0468. The maximum atomic E-state index is 14.2. The largest absolute Gasteiger partial charge is 0.444 e. The fraction of sp³-hybridized carbons (Fsp3) is 0.609. The Morgan fingerprint density at radius 2 is 2.06 bits per heavy atom. The number of aromatic nitrogens is 3. The number of nitrogens with zero attached hydrogens (tertiary/aromatic N) is 4. The highest BCUT2D eigenvalue weighted by atomic mass is 19.1. The summed E-state index contributed by atoms with van der Waals surface area (Å²) in [5, 5.41) is 7.22. The quantitative estimate of drug-likeness (QED) is 0.727. The molecule has 0 spiro atoms. The fourth-order valence-electron chi connectivity index (χ4n) is 4.07. The van der Waals surface area contributed by atoms with Gasteiger partial charge in [-0.2, -0.15) is 5.10 Å². The minimum Gasteiger partial charge on any atom is -0.444 e. The van der Waals surface area contributed by atoms with Gasteiger partial charge >= 0.3 is 6.09 Å². The van der Waals surface area contributed by atoms with Crippen LogP contribution in [0.15, 0.2) is 24.5 Å². The summed E-state index contributed by atoms with van der Waals surface area (Å²) in [7, 11) is 1.92. The van der Waals surface area contributed by atoms with Crippen LogP contribution >= 0.6 is 0 Å². The van der Waals surface area contributed by atoms with Crippen LogP contribution in [0.1, 0.15) is 71.2 Å². The highest BCUT2D eigenvalue weighted by molar-refractivity contribution is 5.68. The molecule has 2 aromatic rings. The molecular weight excluding hydrogens is 397 g/mol. The Labute approximate surface area is 184 Å². The van der Waals surface area contributed by atoms with Crippen LogP contribution in [0.25, 0.3) is 0 Å². The van der Waals surface area contributed by atoms with Crippen molar-refractivity contribution in [2.45, 2.75) is 77.5 Å². The zero-order chi connectivity index (χ0) is 22.8. The third-order valence-electron chi connectivity index (χ3n) is 5.50. The molecule has 0 aromatic carbocycles. The van der Waals surface area contributed by atoms with E-state index in [-0.39, 0.29) is 11.9 Å². The van der Waals surface area contributed by atoms with E-state index in [4.69, 9.17) is 4.74 Å². The predicted octanol–water partition coefficient (Wildman–Crippen LogP) is 4.53. The molecule has 1 N–H and O–H groups in total. The molecule has 8 heteroatoms. The van der Waals surface area contributed by atoms with Crippen LogP contribution in [0, 0.1) is 5.82 Å². The van der Waals surface area contributed by atoms with Crippen LogP contribution in [-0.2, 0) is 18.2 Å². The first kappa shape index (κ1) is 23.0. The van der Waals surface area contributed by atoms with E-state index in [0.717, 1.165) is 36.5 Å². The van der Waals surface area contributed by atoms with E-state index in [0.29, 0.717) is 12.8 Å². The molecule has 3 rings (SSSR count). The number of ether oxygens (including phenoxy) is 1. The summed E-state index contributed by atoms with van der Waals surface area (Å²) in [4.78, 5) is 18.9. The van der Waals surface area contributed by atoms with Crippen LogP contribution in [0.2, 0.25) is 0 Å².